The Morgan fingerprint density at radius 2 is 2.00 bits per heavy atom. The summed E-state index contributed by atoms with van der Waals surface area (Å²) in [4.78, 5) is 23.5. The molecule has 0 amide bonds. The van der Waals surface area contributed by atoms with Gasteiger partial charge >= 0.3 is 0 Å². The molecule has 1 aliphatic carbocycles. The van der Waals surface area contributed by atoms with Crippen molar-refractivity contribution in [1.82, 2.24) is 0 Å². The lowest BCUT2D eigenvalue weighted by Gasteiger charge is -2.22. The smallest absolute Gasteiger partial charge is 0.177 e. The van der Waals surface area contributed by atoms with Crippen LogP contribution < -0.4 is 0 Å². The Morgan fingerprint density at radius 1 is 1.29 bits per heavy atom. The van der Waals surface area contributed by atoms with Crippen LogP contribution in [0.1, 0.15) is 24.3 Å². The number of benzene rings is 1. The number of allylic oxidation sites excluding steroid dienone is 1. The van der Waals surface area contributed by atoms with Crippen molar-refractivity contribution in [3.05, 3.63) is 46.1 Å². The number of ketones is 2. The first-order chi connectivity index (χ1) is 8.15. The largest absolute Gasteiger partial charge is 0.515 e. The molecule has 0 aliphatic heterocycles. The zero-order valence-electron chi connectivity index (χ0n) is 9.02. The van der Waals surface area contributed by atoms with Crippen molar-refractivity contribution in [2.45, 2.75) is 18.8 Å². The van der Waals surface area contributed by atoms with Gasteiger partial charge in [0.15, 0.2) is 11.6 Å². The lowest BCUT2D eigenvalue weighted by Crippen LogP contribution is -2.26. The van der Waals surface area contributed by atoms with E-state index in [0.717, 1.165) is 10.0 Å². The predicted molar refractivity (Wildman–Crippen MR) is 66.8 cm³/mol. The van der Waals surface area contributed by atoms with E-state index in [9.17, 15) is 9.59 Å². The SMILES string of the molecule is O=C1CCC(c2ccccc2Br)C(=O)C1=CO. The molecule has 0 aromatic heterocycles. The second kappa shape index (κ2) is 4.84. The standard InChI is InChI=1S/C13H11BrO3/c14-11-4-2-1-3-8(11)9-5-6-12(16)10(7-15)13(9)17/h1-4,7,9,15H,5-6H2. The second-order valence-electron chi connectivity index (χ2n) is 3.94. The van der Waals surface area contributed by atoms with Crippen LogP contribution in [0.5, 0.6) is 0 Å². The van der Waals surface area contributed by atoms with Crippen molar-refractivity contribution >= 4 is 27.5 Å². The fraction of sp³-hybridized carbons (Fsp3) is 0.231. The van der Waals surface area contributed by atoms with Gasteiger partial charge in [0.1, 0.15) is 0 Å². The molecule has 1 aliphatic rings. The first kappa shape index (κ1) is 12.0. The summed E-state index contributed by atoms with van der Waals surface area (Å²) >= 11 is 3.40. The number of Topliss-reactive ketones (excluding diaryl/α,β-unsaturated/α-hetero) is 2. The van der Waals surface area contributed by atoms with Crippen LogP contribution in [-0.4, -0.2) is 16.7 Å². The normalized spacial score (nSPS) is 23.1. The molecule has 3 nitrogen and oxygen atoms in total. The van der Waals surface area contributed by atoms with Gasteiger partial charge in [-0.05, 0) is 18.1 Å². The fourth-order valence-electron chi connectivity index (χ4n) is 2.06. The van der Waals surface area contributed by atoms with Crippen molar-refractivity contribution in [2.75, 3.05) is 0 Å². The number of carbonyl (C=O) groups is 2. The molecule has 17 heavy (non-hydrogen) atoms. The van der Waals surface area contributed by atoms with E-state index in [0.29, 0.717) is 19.1 Å². The molecule has 1 unspecified atom stereocenters. The van der Waals surface area contributed by atoms with E-state index in [2.05, 4.69) is 15.9 Å². The van der Waals surface area contributed by atoms with E-state index < -0.39 is 0 Å². The third-order valence-electron chi connectivity index (χ3n) is 2.95. The zero-order chi connectivity index (χ0) is 12.4. The highest BCUT2D eigenvalue weighted by Crippen LogP contribution is 2.34. The van der Waals surface area contributed by atoms with Crippen LogP contribution in [0.2, 0.25) is 0 Å². The van der Waals surface area contributed by atoms with E-state index in [1.54, 1.807) is 0 Å². The quantitative estimate of drug-likeness (QED) is 0.492. The van der Waals surface area contributed by atoms with Crippen molar-refractivity contribution in [3.8, 4) is 0 Å². The number of hydrogen-bond donors (Lipinski definition) is 1. The molecule has 0 bridgehead atoms. The maximum absolute atomic E-state index is 12.0. The first-order valence-corrected chi connectivity index (χ1v) is 6.10. The average Bonchev–Trinajstić information content (AvgIpc) is 2.31. The molecule has 1 saturated carbocycles. The van der Waals surface area contributed by atoms with Crippen LogP contribution in [0, 0.1) is 0 Å². The number of carbonyl (C=O) groups excluding carboxylic acids is 2. The van der Waals surface area contributed by atoms with Gasteiger partial charge in [-0.1, -0.05) is 34.1 Å². The molecule has 0 heterocycles. The van der Waals surface area contributed by atoms with E-state index in [1.807, 2.05) is 24.3 Å². The lowest BCUT2D eigenvalue weighted by molar-refractivity contribution is -0.125. The van der Waals surface area contributed by atoms with Gasteiger partial charge < -0.3 is 5.11 Å². The highest BCUT2D eigenvalue weighted by molar-refractivity contribution is 9.10. The summed E-state index contributed by atoms with van der Waals surface area (Å²) in [5, 5.41) is 8.95. The van der Waals surface area contributed by atoms with E-state index in [1.165, 1.54) is 0 Å². The van der Waals surface area contributed by atoms with Crippen molar-refractivity contribution in [2.24, 2.45) is 0 Å². The minimum Gasteiger partial charge on any atom is -0.515 e. The maximum Gasteiger partial charge on any atom is 0.177 e. The molecular weight excluding hydrogens is 284 g/mol. The van der Waals surface area contributed by atoms with Gasteiger partial charge in [0.05, 0.1) is 11.8 Å². The number of halogens is 1. The molecule has 1 fully saturated rings. The number of hydrogen-bond acceptors (Lipinski definition) is 3. The molecule has 4 heteroatoms. The number of rotatable bonds is 1. The highest BCUT2D eigenvalue weighted by atomic mass is 79.9. The second-order valence-corrected chi connectivity index (χ2v) is 4.80. The van der Waals surface area contributed by atoms with Crippen LogP contribution in [0.25, 0.3) is 0 Å². The molecule has 88 valence electrons. The molecular formula is C13H11BrO3. The zero-order valence-corrected chi connectivity index (χ0v) is 10.6. The Kier molecular flexibility index (Phi) is 3.43. The molecule has 2 rings (SSSR count). The summed E-state index contributed by atoms with van der Waals surface area (Å²) < 4.78 is 0.852. The first-order valence-electron chi connectivity index (χ1n) is 5.31. The molecule has 1 aromatic rings. The third kappa shape index (κ3) is 2.17. The van der Waals surface area contributed by atoms with E-state index in [-0.39, 0.29) is 23.1 Å². The Hall–Kier alpha value is -1.42. The monoisotopic (exact) mass is 294 g/mol. The van der Waals surface area contributed by atoms with Crippen LogP contribution >= 0.6 is 15.9 Å². The van der Waals surface area contributed by atoms with Crippen LogP contribution in [0.15, 0.2) is 40.6 Å². The Morgan fingerprint density at radius 3 is 2.65 bits per heavy atom. The average molecular weight is 295 g/mol. The van der Waals surface area contributed by atoms with Gasteiger partial charge in [0.2, 0.25) is 0 Å². The third-order valence-corrected chi connectivity index (χ3v) is 3.67. The van der Waals surface area contributed by atoms with Gasteiger partial charge in [-0.15, -0.1) is 0 Å². The molecule has 1 N–H and O–H groups in total. The van der Waals surface area contributed by atoms with Crippen LogP contribution in [0.3, 0.4) is 0 Å². The molecule has 0 saturated heterocycles. The minimum atomic E-state index is -0.346. The fourth-order valence-corrected chi connectivity index (χ4v) is 2.62. The predicted octanol–water partition coefficient (Wildman–Crippen LogP) is 2.91. The summed E-state index contributed by atoms with van der Waals surface area (Å²) in [6.45, 7) is 0. The van der Waals surface area contributed by atoms with Crippen molar-refractivity contribution < 1.29 is 14.7 Å². The molecule has 0 spiro atoms. The number of aliphatic hydroxyl groups excluding tert-OH is 1. The maximum atomic E-state index is 12.0. The summed E-state index contributed by atoms with van der Waals surface area (Å²) in [6.07, 6.45) is 1.43. The van der Waals surface area contributed by atoms with Gasteiger partial charge in [0, 0.05) is 16.8 Å². The summed E-state index contributed by atoms with van der Waals surface area (Å²) in [6, 6.07) is 7.44. The van der Waals surface area contributed by atoms with Crippen LogP contribution in [0.4, 0.5) is 0 Å². The topological polar surface area (TPSA) is 54.4 Å². The minimum absolute atomic E-state index is 0.0861. The highest BCUT2D eigenvalue weighted by Gasteiger charge is 2.34. The lowest BCUT2D eigenvalue weighted by atomic mass is 9.80. The summed E-state index contributed by atoms with van der Waals surface area (Å²) in [7, 11) is 0. The molecule has 1 aromatic carbocycles. The van der Waals surface area contributed by atoms with Gasteiger partial charge in [-0.3, -0.25) is 9.59 Å². The number of aliphatic hydroxyl groups is 1. The van der Waals surface area contributed by atoms with Crippen molar-refractivity contribution in [3.63, 3.8) is 0 Å². The summed E-state index contributed by atoms with van der Waals surface area (Å²) in [5.74, 6) is -0.918. The summed E-state index contributed by atoms with van der Waals surface area (Å²) in [5.41, 5.74) is 0.779. The molecule has 1 atom stereocenters. The Balaban J connectivity index is 2.39. The van der Waals surface area contributed by atoms with Gasteiger partial charge in [-0.25, -0.2) is 0 Å². The Bertz CT molecular complexity index is 505. The van der Waals surface area contributed by atoms with E-state index >= 15 is 0 Å². The Labute approximate surface area is 107 Å². The molecule has 0 radical (unpaired) electrons. The van der Waals surface area contributed by atoms with E-state index in [4.69, 9.17) is 5.11 Å². The van der Waals surface area contributed by atoms with Crippen LogP contribution in [-0.2, 0) is 9.59 Å². The van der Waals surface area contributed by atoms with Gasteiger partial charge in [0.25, 0.3) is 0 Å². The van der Waals surface area contributed by atoms with Crippen molar-refractivity contribution in [1.29, 1.82) is 0 Å². The van der Waals surface area contributed by atoms with Gasteiger partial charge in [-0.2, -0.15) is 0 Å².